The standard InChI is InChI=1S/C28H25N5O3/c1-18(34)29-15-16-33-24-14-8-6-12-21(24)25(19-9-3-2-4-10-19)31-26(28(33)36)32-27(35)23-17-20-11-5-7-13-22(20)30-23/h2-14,17,26,30H,15-16H2,1H3,(H,29,34)(H,32,35)/t26-/m1/s1. The van der Waals surface area contributed by atoms with E-state index in [1.165, 1.54) is 6.92 Å². The van der Waals surface area contributed by atoms with Crippen molar-refractivity contribution < 1.29 is 14.4 Å². The van der Waals surface area contributed by atoms with Crippen molar-refractivity contribution in [2.24, 2.45) is 4.99 Å². The summed E-state index contributed by atoms with van der Waals surface area (Å²) in [6.07, 6.45) is -1.16. The van der Waals surface area contributed by atoms with Crippen LogP contribution in [0.2, 0.25) is 0 Å². The van der Waals surface area contributed by atoms with Gasteiger partial charge in [0.2, 0.25) is 12.1 Å². The summed E-state index contributed by atoms with van der Waals surface area (Å²) in [5.41, 5.74) is 4.02. The zero-order valence-corrected chi connectivity index (χ0v) is 19.7. The first-order valence-electron chi connectivity index (χ1n) is 11.7. The highest BCUT2D eigenvalue weighted by Crippen LogP contribution is 2.28. The highest BCUT2D eigenvalue weighted by Gasteiger charge is 2.33. The van der Waals surface area contributed by atoms with Crippen LogP contribution >= 0.6 is 0 Å². The van der Waals surface area contributed by atoms with E-state index in [1.54, 1.807) is 11.0 Å². The molecule has 3 amide bonds. The lowest BCUT2D eigenvalue weighted by molar-refractivity contribution is -0.121. The van der Waals surface area contributed by atoms with Gasteiger partial charge in [0.15, 0.2) is 0 Å². The van der Waals surface area contributed by atoms with Crippen molar-refractivity contribution in [3.63, 3.8) is 0 Å². The fourth-order valence-corrected chi connectivity index (χ4v) is 4.32. The number of H-pyrrole nitrogens is 1. The van der Waals surface area contributed by atoms with Gasteiger partial charge < -0.3 is 20.5 Å². The van der Waals surface area contributed by atoms with Gasteiger partial charge in [0.25, 0.3) is 11.8 Å². The molecular weight excluding hydrogens is 454 g/mol. The average Bonchev–Trinajstić information content (AvgIpc) is 3.29. The van der Waals surface area contributed by atoms with Crippen LogP contribution in [0, 0.1) is 0 Å². The third-order valence-electron chi connectivity index (χ3n) is 6.01. The molecule has 1 aliphatic rings. The molecule has 0 bridgehead atoms. The molecule has 0 unspecified atom stereocenters. The van der Waals surface area contributed by atoms with Gasteiger partial charge in [-0.2, -0.15) is 0 Å². The molecule has 0 fully saturated rings. The van der Waals surface area contributed by atoms with Crippen molar-refractivity contribution in [2.45, 2.75) is 13.1 Å². The van der Waals surface area contributed by atoms with Gasteiger partial charge in [0.1, 0.15) is 5.69 Å². The number of fused-ring (bicyclic) bond motifs is 2. The molecule has 2 heterocycles. The summed E-state index contributed by atoms with van der Waals surface area (Å²) >= 11 is 0. The molecule has 36 heavy (non-hydrogen) atoms. The summed E-state index contributed by atoms with van der Waals surface area (Å²) in [5.74, 6) is -1.01. The van der Waals surface area contributed by atoms with E-state index in [1.807, 2.05) is 78.9 Å². The van der Waals surface area contributed by atoms with Crippen molar-refractivity contribution in [1.29, 1.82) is 0 Å². The van der Waals surface area contributed by atoms with E-state index in [-0.39, 0.29) is 24.9 Å². The molecule has 1 aromatic heterocycles. The molecule has 3 aromatic carbocycles. The maximum Gasteiger partial charge on any atom is 0.272 e. The number of nitrogens with zero attached hydrogens (tertiary/aromatic N) is 2. The SMILES string of the molecule is CC(=O)NCCN1C(=O)[C@@H](NC(=O)c2cc3ccccc3[nH]2)N=C(c2ccccc2)c2ccccc21. The maximum atomic E-state index is 13.8. The topological polar surface area (TPSA) is 107 Å². The number of benzene rings is 3. The third-order valence-corrected chi connectivity index (χ3v) is 6.01. The molecule has 1 aliphatic heterocycles. The monoisotopic (exact) mass is 479 g/mol. The van der Waals surface area contributed by atoms with Gasteiger partial charge in [-0.25, -0.2) is 4.99 Å². The minimum atomic E-state index is -1.16. The van der Waals surface area contributed by atoms with Gasteiger partial charge in [0, 0.05) is 42.0 Å². The summed E-state index contributed by atoms with van der Waals surface area (Å²) in [5, 5.41) is 6.45. The first-order valence-corrected chi connectivity index (χ1v) is 11.7. The van der Waals surface area contributed by atoms with Crippen LogP contribution in [0.3, 0.4) is 0 Å². The summed E-state index contributed by atoms with van der Waals surface area (Å²) < 4.78 is 0. The van der Waals surface area contributed by atoms with E-state index in [2.05, 4.69) is 15.6 Å². The average molecular weight is 480 g/mol. The van der Waals surface area contributed by atoms with Crippen LogP contribution in [0.1, 0.15) is 28.5 Å². The Hall–Kier alpha value is -4.72. The van der Waals surface area contributed by atoms with E-state index in [0.717, 1.165) is 22.0 Å². The van der Waals surface area contributed by atoms with Crippen molar-refractivity contribution in [3.05, 3.63) is 102 Å². The molecule has 0 saturated heterocycles. The van der Waals surface area contributed by atoms with Crippen LogP contribution in [0.4, 0.5) is 5.69 Å². The molecule has 0 aliphatic carbocycles. The molecule has 3 N–H and O–H groups in total. The van der Waals surface area contributed by atoms with Crippen molar-refractivity contribution in [1.82, 2.24) is 15.6 Å². The number of aromatic nitrogens is 1. The Morgan fingerprint density at radius 2 is 1.69 bits per heavy atom. The van der Waals surface area contributed by atoms with E-state index < -0.39 is 12.1 Å². The fraction of sp³-hybridized carbons (Fsp3) is 0.143. The second kappa shape index (κ2) is 9.87. The second-order valence-corrected chi connectivity index (χ2v) is 8.48. The molecule has 8 heteroatoms. The molecule has 5 rings (SSSR count). The van der Waals surface area contributed by atoms with E-state index in [0.29, 0.717) is 17.1 Å². The Morgan fingerprint density at radius 1 is 0.972 bits per heavy atom. The number of hydrogen-bond acceptors (Lipinski definition) is 4. The number of aromatic amines is 1. The first kappa shape index (κ1) is 23.0. The van der Waals surface area contributed by atoms with Crippen LogP contribution in [0.5, 0.6) is 0 Å². The quantitative estimate of drug-likeness (QED) is 0.395. The Bertz CT molecular complexity index is 1440. The highest BCUT2D eigenvalue weighted by atomic mass is 16.2. The normalized spacial score (nSPS) is 15.1. The van der Waals surface area contributed by atoms with Gasteiger partial charge in [-0.3, -0.25) is 14.4 Å². The lowest BCUT2D eigenvalue weighted by atomic mass is 10.0. The van der Waals surface area contributed by atoms with Crippen LogP contribution in [0.25, 0.3) is 10.9 Å². The number of para-hydroxylation sites is 2. The van der Waals surface area contributed by atoms with Gasteiger partial charge >= 0.3 is 0 Å². The Kier molecular flexibility index (Phi) is 6.32. The third kappa shape index (κ3) is 4.61. The van der Waals surface area contributed by atoms with E-state index >= 15 is 0 Å². The minimum Gasteiger partial charge on any atom is -0.355 e. The Morgan fingerprint density at radius 3 is 2.47 bits per heavy atom. The largest absolute Gasteiger partial charge is 0.355 e. The predicted molar refractivity (Wildman–Crippen MR) is 139 cm³/mol. The smallest absolute Gasteiger partial charge is 0.272 e. The minimum absolute atomic E-state index is 0.185. The number of carbonyl (C=O) groups excluding carboxylic acids is 3. The lowest BCUT2D eigenvalue weighted by Gasteiger charge is -2.25. The van der Waals surface area contributed by atoms with Gasteiger partial charge in [-0.05, 0) is 18.2 Å². The molecule has 1 atom stereocenters. The first-order chi connectivity index (χ1) is 17.5. The molecule has 0 spiro atoms. The fourth-order valence-electron chi connectivity index (χ4n) is 4.32. The zero-order chi connectivity index (χ0) is 25.1. The van der Waals surface area contributed by atoms with Crippen LogP contribution in [0.15, 0.2) is 89.9 Å². The van der Waals surface area contributed by atoms with Crippen molar-refractivity contribution in [3.8, 4) is 0 Å². The number of anilines is 1. The van der Waals surface area contributed by atoms with Gasteiger partial charge in [-0.15, -0.1) is 0 Å². The molecule has 8 nitrogen and oxygen atoms in total. The lowest BCUT2D eigenvalue weighted by Crippen LogP contribution is -2.49. The molecule has 0 radical (unpaired) electrons. The summed E-state index contributed by atoms with van der Waals surface area (Å²) in [6, 6.07) is 26.4. The maximum absolute atomic E-state index is 13.8. The predicted octanol–water partition coefficient (Wildman–Crippen LogP) is 3.24. The highest BCUT2D eigenvalue weighted by molar-refractivity contribution is 6.20. The molecular formula is C28H25N5O3. The number of benzodiazepines with no additional fused rings is 1. The summed E-state index contributed by atoms with van der Waals surface area (Å²) in [4.78, 5) is 47.9. The van der Waals surface area contributed by atoms with E-state index in [9.17, 15) is 14.4 Å². The Balaban J connectivity index is 1.55. The van der Waals surface area contributed by atoms with Crippen LogP contribution in [-0.4, -0.2) is 47.7 Å². The zero-order valence-electron chi connectivity index (χ0n) is 19.7. The summed E-state index contributed by atoms with van der Waals surface area (Å²) in [7, 11) is 0. The molecule has 4 aromatic rings. The van der Waals surface area contributed by atoms with E-state index in [4.69, 9.17) is 4.99 Å². The second-order valence-electron chi connectivity index (χ2n) is 8.48. The number of aliphatic imine (C=N–C) groups is 1. The molecule has 0 saturated carbocycles. The van der Waals surface area contributed by atoms with Gasteiger partial charge in [0.05, 0.1) is 11.4 Å². The Labute approximate surface area is 208 Å². The van der Waals surface area contributed by atoms with Crippen molar-refractivity contribution in [2.75, 3.05) is 18.0 Å². The number of carbonyl (C=O) groups is 3. The summed E-state index contributed by atoms with van der Waals surface area (Å²) in [6.45, 7) is 1.92. The van der Waals surface area contributed by atoms with Crippen LogP contribution in [-0.2, 0) is 9.59 Å². The number of rotatable bonds is 6. The van der Waals surface area contributed by atoms with Crippen molar-refractivity contribution >= 4 is 40.0 Å². The number of hydrogen-bond donors (Lipinski definition) is 3. The van der Waals surface area contributed by atoms with Gasteiger partial charge in [-0.1, -0.05) is 66.7 Å². The molecule has 180 valence electrons. The van der Waals surface area contributed by atoms with Crippen LogP contribution < -0.4 is 15.5 Å². The number of nitrogens with one attached hydrogen (secondary N) is 3. The number of amides is 3.